The normalized spacial score (nSPS) is 21.0. The number of carbonyl (C=O) groups is 2. The molecule has 184 valence electrons. The van der Waals surface area contributed by atoms with Crippen LogP contribution < -0.4 is 10.1 Å². The van der Waals surface area contributed by atoms with Crippen LogP contribution in [0.1, 0.15) is 61.5 Å². The third-order valence-electron chi connectivity index (χ3n) is 7.60. The van der Waals surface area contributed by atoms with Crippen molar-refractivity contribution in [1.29, 1.82) is 0 Å². The number of carbonyl (C=O) groups excluding carboxylic acids is 2. The van der Waals surface area contributed by atoms with E-state index in [-0.39, 0.29) is 36.8 Å². The molecule has 1 aliphatic heterocycles. The Balaban J connectivity index is 1.56. The molecule has 1 saturated carbocycles. The van der Waals surface area contributed by atoms with Crippen LogP contribution in [0.2, 0.25) is 0 Å². The molecule has 0 radical (unpaired) electrons. The number of nitrogens with one attached hydrogen (secondary N) is 1. The summed E-state index contributed by atoms with van der Waals surface area (Å²) in [6.07, 6.45) is 6.43. The van der Waals surface area contributed by atoms with Gasteiger partial charge >= 0.3 is 0 Å². The van der Waals surface area contributed by atoms with Crippen LogP contribution in [0.4, 0.5) is 4.39 Å². The monoisotopic (exact) mass is 477 g/mol. The summed E-state index contributed by atoms with van der Waals surface area (Å²) in [6, 6.07) is 14.0. The van der Waals surface area contributed by atoms with Crippen molar-refractivity contribution in [2.45, 2.75) is 70.1 Å². The summed E-state index contributed by atoms with van der Waals surface area (Å²) in [6.45, 7) is 2.09. The van der Waals surface area contributed by atoms with Gasteiger partial charge in [0.2, 0.25) is 5.91 Å². The third kappa shape index (κ3) is 4.28. The highest BCUT2D eigenvalue weighted by Crippen LogP contribution is 2.35. The molecular formula is C28H32FN3O3. The zero-order valence-electron chi connectivity index (χ0n) is 20.4. The Hall–Kier alpha value is -3.35. The van der Waals surface area contributed by atoms with Crippen molar-refractivity contribution >= 4 is 22.7 Å². The van der Waals surface area contributed by atoms with Crippen LogP contribution >= 0.6 is 0 Å². The van der Waals surface area contributed by atoms with Crippen molar-refractivity contribution in [1.82, 2.24) is 14.8 Å². The highest BCUT2D eigenvalue weighted by molar-refractivity contribution is 6.03. The number of amides is 2. The van der Waals surface area contributed by atoms with Gasteiger partial charge in [0.25, 0.3) is 5.91 Å². The van der Waals surface area contributed by atoms with Crippen LogP contribution in [0.5, 0.6) is 5.75 Å². The molecule has 1 aromatic heterocycles. The lowest BCUT2D eigenvalue weighted by atomic mass is 9.93. The molecule has 0 saturated heterocycles. The van der Waals surface area contributed by atoms with Gasteiger partial charge in [-0.3, -0.25) is 9.59 Å². The molecule has 0 unspecified atom stereocenters. The first kappa shape index (κ1) is 23.4. The average molecular weight is 478 g/mol. The number of fused-ring (bicyclic) bond motifs is 3. The number of methoxy groups -OCH3 is 1. The summed E-state index contributed by atoms with van der Waals surface area (Å²) in [7, 11) is 1.60. The van der Waals surface area contributed by atoms with Crippen molar-refractivity contribution in [2.24, 2.45) is 0 Å². The van der Waals surface area contributed by atoms with Crippen LogP contribution in [0.25, 0.3) is 10.9 Å². The van der Waals surface area contributed by atoms with Crippen LogP contribution in [-0.4, -0.2) is 40.0 Å². The summed E-state index contributed by atoms with van der Waals surface area (Å²) < 4.78 is 21.9. The largest absolute Gasteiger partial charge is 0.497 e. The first-order valence-corrected chi connectivity index (χ1v) is 12.4. The Labute approximate surface area is 205 Å². The van der Waals surface area contributed by atoms with Gasteiger partial charge in [0.1, 0.15) is 22.8 Å². The molecule has 2 amide bonds. The zero-order valence-corrected chi connectivity index (χ0v) is 20.4. The number of halogens is 1. The number of benzene rings is 2. The van der Waals surface area contributed by atoms with E-state index in [1.807, 2.05) is 28.8 Å². The highest BCUT2D eigenvalue weighted by Gasteiger charge is 2.48. The van der Waals surface area contributed by atoms with Gasteiger partial charge in [-0.15, -0.1) is 0 Å². The number of nitrogens with zero attached hydrogens (tertiary/aromatic N) is 2. The van der Waals surface area contributed by atoms with E-state index < -0.39 is 5.54 Å². The Kier molecular flexibility index (Phi) is 6.26. The quantitative estimate of drug-likeness (QED) is 0.524. The smallest absolute Gasteiger partial charge is 0.271 e. The first-order valence-electron chi connectivity index (χ1n) is 12.4. The second kappa shape index (κ2) is 9.36. The number of hydrogen-bond acceptors (Lipinski definition) is 3. The Morgan fingerprint density at radius 2 is 1.86 bits per heavy atom. The van der Waals surface area contributed by atoms with E-state index in [2.05, 4.69) is 5.32 Å². The molecule has 6 nitrogen and oxygen atoms in total. The molecule has 2 aromatic carbocycles. The second-order valence-electron chi connectivity index (χ2n) is 9.96. The molecule has 0 spiro atoms. The van der Waals surface area contributed by atoms with Gasteiger partial charge in [-0.05, 0) is 44.0 Å². The summed E-state index contributed by atoms with van der Waals surface area (Å²) in [4.78, 5) is 29.3. The maximum Gasteiger partial charge on any atom is 0.271 e. The van der Waals surface area contributed by atoms with Gasteiger partial charge in [-0.2, -0.15) is 0 Å². The summed E-state index contributed by atoms with van der Waals surface area (Å²) in [5.74, 6) is -0.176. The van der Waals surface area contributed by atoms with Crippen LogP contribution in [-0.2, 0) is 17.9 Å². The summed E-state index contributed by atoms with van der Waals surface area (Å²) in [5.41, 5.74) is 0.532. The van der Waals surface area contributed by atoms with E-state index in [9.17, 15) is 14.0 Å². The van der Waals surface area contributed by atoms with Gasteiger partial charge in [-0.25, -0.2) is 4.39 Å². The summed E-state index contributed by atoms with van der Waals surface area (Å²) >= 11 is 0. The molecule has 2 aliphatic rings. The van der Waals surface area contributed by atoms with Gasteiger partial charge in [0.05, 0.1) is 25.7 Å². The third-order valence-corrected chi connectivity index (χ3v) is 7.60. The minimum Gasteiger partial charge on any atom is -0.497 e. The molecule has 7 heteroatoms. The first-order chi connectivity index (χ1) is 16.9. The maximum atomic E-state index is 14.6. The highest BCUT2D eigenvalue weighted by atomic mass is 19.1. The van der Waals surface area contributed by atoms with Gasteiger partial charge in [0, 0.05) is 23.1 Å². The van der Waals surface area contributed by atoms with Crippen molar-refractivity contribution in [3.8, 4) is 5.75 Å². The van der Waals surface area contributed by atoms with Crippen molar-refractivity contribution in [2.75, 3.05) is 7.11 Å². The molecule has 3 aromatic rings. The predicted molar refractivity (Wildman–Crippen MR) is 133 cm³/mol. The minimum absolute atomic E-state index is 0.0188. The molecule has 2 heterocycles. The fourth-order valence-electron chi connectivity index (χ4n) is 5.47. The van der Waals surface area contributed by atoms with E-state index in [4.69, 9.17) is 4.74 Å². The van der Waals surface area contributed by atoms with Crippen LogP contribution in [0, 0.1) is 5.82 Å². The minimum atomic E-state index is -1.19. The molecule has 1 aliphatic carbocycles. The molecule has 1 fully saturated rings. The average Bonchev–Trinajstić information content (AvgIpc) is 3.01. The zero-order chi connectivity index (χ0) is 24.6. The van der Waals surface area contributed by atoms with Crippen molar-refractivity contribution in [3.05, 3.63) is 65.6 Å². The maximum absolute atomic E-state index is 14.6. The molecule has 35 heavy (non-hydrogen) atoms. The number of rotatable bonds is 5. The molecule has 1 N–H and O–H groups in total. The van der Waals surface area contributed by atoms with Crippen LogP contribution in [0.3, 0.4) is 0 Å². The Bertz CT molecular complexity index is 1260. The Morgan fingerprint density at radius 3 is 2.57 bits per heavy atom. The predicted octanol–water partition coefficient (Wildman–Crippen LogP) is 5.04. The fraction of sp³-hybridized carbons (Fsp3) is 0.429. The molecule has 0 bridgehead atoms. The van der Waals surface area contributed by atoms with E-state index in [0.29, 0.717) is 17.0 Å². The van der Waals surface area contributed by atoms with E-state index in [0.717, 1.165) is 36.6 Å². The standard InChI is InChI=1S/C28H32FN3O3/c1-28(27(34)30-21-10-5-3-4-6-11-21)18-31-24-16-22(35-2)14-13-19(24)15-25(31)26(33)32(28)17-20-9-7-8-12-23(20)29/h7-9,12-16,21H,3-6,10-11,17-18H2,1-2H3,(H,30,34)/t28-/m1/s1. The lowest BCUT2D eigenvalue weighted by Gasteiger charge is -2.44. The topological polar surface area (TPSA) is 63.6 Å². The molecule has 5 rings (SSSR count). The number of hydrogen-bond donors (Lipinski definition) is 1. The van der Waals surface area contributed by atoms with Crippen molar-refractivity contribution in [3.63, 3.8) is 0 Å². The van der Waals surface area contributed by atoms with Crippen LogP contribution in [0.15, 0.2) is 48.5 Å². The van der Waals surface area contributed by atoms with E-state index in [1.54, 1.807) is 37.1 Å². The van der Waals surface area contributed by atoms with Gasteiger partial charge in [0.15, 0.2) is 0 Å². The lowest BCUT2D eigenvalue weighted by Crippen LogP contribution is -2.64. The SMILES string of the molecule is COc1ccc2cc3n(c2c1)C[C@](C)(C(=O)NC1CCCCCC1)N(Cc1ccccc1F)C3=O. The fourth-order valence-corrected chi connectivity index (χ4v) is 5.47. The van der Waals surface area contributed by atoms with Crippen molar-refractivity contribution < 1.29 is 18.7 Å². The Morgan fingerprint density at radius 1 is 1.11 bits per heavy atom. The van der Waals surface area contributed by atoms with Gasteiger partial charge in [-0.1, -0.05) is 43.9 Å². The van der Waals surface area contributed by atoms with Gasteiger partial charge < -0.3 is 19.5 Å². The number of aromatic nitrogens is 1. The molecule has 1 atom stereocenters. The second-order valence-corrected chi connectivity index (χ2v) is 9.96. The van der Waals surface area contributed by atoms with E-state index >= 15 is 0 Å². The molecular weight excluding hydrogens is 445 g/mol. The number of ether oxygens (including phenoxy) is 1. The summed E-state index contributed by atoms with van der Waals surface area (Å²) in [5, 5.41) is 4.15. The van der Waals surface area contributed by atoms with E-state index in [1.165, 1.54) is 18.9 Å². The lowest BCUT2D eigenvalue weighted by molar-refractivity contribution is -0.134.